The van der Waals surface area contributed by atoms with Crippen molar-refractivity contribution in [2.24, 2.45) is 0 Å². The molecule has 4 heterocycles. The summed E-state index contributed by atoms with van der Waals surface area (Å²) in [6.07, 6.45) is 0.192. The molecule has 2 aromatic heterocycles. The van der Waals surface area contributed by atoms with Gasteiger partial charge in [0.05, 0.1) is 10.2 Å². The van der Waals surface area contributed by atoms with Gasteiger partial charge in [-0.15, -0.1) is 22.7 Å². The van der Waals surface area contributed by atoms with E-state index in [4.69, 9.17) is 14.5 Å². The van der Waals surface area contributed by atoms with Crippen molar-refractivity contribution in [3.05, 3.63) is 94.9 Å². The van der Waals surface area contributed by atoms with Gasteiger partial charge in [0.15, 0.2) is 11.5 Å². The lowest BCUT2D eigenvalue weighted by molar-refractivity contribution is -0.125. The van der Waals surface area contributed by atoms with Crippen LogP contribution in [-0.4, -0.2) is 35.0 Å². The van der Waals surface area contributed by atoms with E-state index < -0.39 is 6.10 Å². The molecule has 1 N–H and O–H groups in total. The summed E-state index contributed by atoms with van der Waals surface area (Å²) < 4.78 is 12.9. The fourth-order valence-corrected chi connectivity index (χ4v) is 7.47. The number of thiazole rings is 1. The normalized spacial score (nSPS) is 16.8. The standard InChI is InChI=1S/C30H25N3O3S2/c34-28(24-18-35-22-11-5-6-12-23(22)36-24)32-30-27(29-31-21-10-4-7-13-25(21)37-29)20-14-15-33(17-26(20)38-30)16-19-8-2-1-3-9-19/h1-13,24H,14-18H2,(H,32,34). The molecule has 8 heteroatoms. The van der Waals surface area contributed by atoms with E-state index >= 15 is 0 Å². The first-order chi connectivity index (χ1) is 18.7. The lowest BCUT2D eigenvalue weighted by atomic mass is 10.0. The van der Waals surface area contributed by atoms with Crippen molar-refractivity contribution >= 4 is 43.8 Å². The van der Waals surface area contributed by atoms with Crippen molar-refractivity contribution in [2.75, 3.05) is 18.5 Å². The number of para-hydroxylation sites is 3. The van der Waals surface area contributed by atoms with Gasteiger partial charge in [0.2, 0.25) is 6.10 Å². The highest BCUT2D eigenvalue weighted by molar-refractivity contribution is 7.22. The number of fused-ring (bicyclic) bond motifs is 3. The van der Waals surface area contributed by atoms with Gasteiger partial charge in [0.25, 0.3) is 5.91 Å². The monoisotopic (exact) mass is 539 g/mol. The molecule has 2 aliphatic rings. The highest BCUT2D eigenvalue weighted by atomic mass is 32.1. The van der Waals surface area contributed by atoms with Crippen LogP contribution in [-0.2, 0) is 24.3 Å². The quantitative estimate of drug-likeness (QED) is 0.282. The average molecular weight is 540 g/mol. The van der Waals surface area contributed by atoms with Crippen LogP contribution in [0.2, 0.25) is 0 Å². The molecule has 5 aromatic rings. The maximum atomic E-state index is 13.4. The third kappa shape index (κ3) is 4.45. The van der Waals surface area contributed by atoms with Crippen LogP contribution in [0.4, 0.5) is 5.00 Å². The van der Waals surface area contributed by atoms with E-state index in [1.54, 1.807) is 22.7 Å². The van der Waals surface area contributed by atoms with Gasteiger partial charge in [-0.1, -0.05) is 54.6 Å². The third-order valence-corrected chi connectivity index (χ3v) is 9.12. The average Bonchev–Trinajstić information content (AvgIpc) is 3.53. The molecule has 7 rings (SSSR count). The molecule has 3 aromatic carbocycles. The lowest BCUT2D eigenvalue weighted by Gasteiger charge is -2.27. The lowest BCUT2D eigenvalue weighted by Crippen LogP contribution is -2.40. The van der Waals surface area contributed by atoms with Crippen LogP contribution >= 0.6 is 22.7 Å². The highest BCUT2D eigenvalue weighted by Crippen LogP contribution is 2.46. The third-order valence-electron chi connectivity index (χ3n) is 6.93. The molecule has 0 bridgehead atoms. The molecule has 0 radical (unpaired) electrons. The van der Waals surface area contributed by atoms with Crippen molar-refractivity contribution < 1.29 is 14.3 Å². The van der Waals surface area contributed by atoms with Gasteiger partial charge in [-0.2, -0.15) is 0 Å². The molecule has 190 valence electrons. The number of nitrogens with one attached hydrogen (secondary N) is 1. The summed E-state index contributed by atoms with van der Waals surface area (Å²) >= 11 is 3.33. The Balaban J connectivity index is 1.21. The Bertz CT molecular complexity index is 1600. The van der Waals surface area contributed by atoms with Crippen LogP contribution in [0.5, 0.6) is 11.5 Å². The Morgan fingerprint density at radius 1 is 0.974 bits per heavy atom. The molecule has 1 unspecified atom stereocenters. The summed E-state index contributed by atoms with van der Waals surface area (Å²) in [7, 11) is 0. The van der Waals surface area contributed by atoms with E-state index in [2.05, 4.69) is 46.6 Å². The fourth-order valence-electron chi connectivity index (χ4n) is 5.07. The van der Waals surface area contributed by atoms with Crippen LogP contribution in [0.1, 0.15) is 16.0 Å². The van der Waals surface area contributed by atoms with Crippen LogP contribution in [0, 0.1) is 0 Å². The number of amides is 1. The summed E-state index contributed by atoms with van der Waals surface area (Å²) in [5.41, 5.74) is 4.63. The Morgan fingerprint density at radius 3 is 2.63 bits per heavy atom. The maximum absolute atomic E-state index is 13.4. The van der Waals surface area contributed by atoms with Gasteiger partial charge < -0.3 is 14.8 Å². The minimum atomic E-state index is -0.721. The molecule has 6 nitrogen and oxygen atoms in total. The molecule has 0 saturated heterocycles. The first kappa shape index (κ1) is 23.4. The second-order valence-electron chi connectivity index (χ2n) is 9.49. The van der Waals surface area contributed by atoms with E-state index in [0.717, 1.165) is 51.8 Å². The fraction of sp³-hybridized carbons (Fsp3) is 0.200. The highest BCUT2D eigenvalue weighted by Gasteiger charge is 2.31. The molecular formula is C30H25N3O3S2. The Kier molecular flexibility index (Phi) is 6.08. The number of ether oxygens (including phenoxy) is 2. The van der Waals surface area contributed by atoms with Gasteiger partial charge in [-0.3, -0.25) is 9.69 Å². The van der Waals surface area contributed by atoms with E-state index in [-0.39, 0.29) is 12.5 Å². The smallest absolute Gasteiger partial charge is 0.269 e. The van der Waals surface area contributed by atoms with Crippen molar-refractivity contribution in [3.8, 4) is 22.1 Å². The Morgan fingerprint density at radius 2 is 1.76 bits per heavy atom. The molecule has 0 fully saturated rings. The predicted octanol–water partition coefficient (Wildman–Crippen LogP) is 6.36. The molecule has 38 heavy (non-hydrogen) atoms. The summed E-state index contributed by atoms with van der Waals surface area (Å²) in [4.78, 5) is 22.1. The van der Waals surface area contributed by atoms with Crippen molar-refractivity contribution in [2.45, 2.75) is 25.6 Å². The largest absolute Gasteiger partial charge is 0.485 e. The Labute approximate surface area is 228 Å². The molecule has 0 spiro atoms. The topological polar surface area (TPSA) is 63.7 Å². The van der Waals surface area contributed by atoms with E-state index in [0.29, 0.717) is 11.5 Å². The number of aromatic nitrogens is 1. The number of benzene rings is 3. The zero-order chi connectivity index (χ0) is 25.5. The van der Waals surface area contributed by atoms with Crippen molar-refractivity contribution in [3.63, 3.8) is 0 Å². The second kappa shape index (κ2) is 9.87. The number of hydrogen-bond donors (Lipinski definition) is 1. The van der Waals surface area contributed by atoms with E-state index in [9.17, 15) is 4.79 Å². The minimum absolute atomic E-state index is 0.176. The number of rotatable bonds is 5. The second-order valence-corrected chi connectivity index (χ2v) is 11.6. The molecule has 1 amide bonds. The van der Waals surface area contributed by atoms with Crippen molar-refractivity contribution in [1.29, 1.82) is 0 Å². The van der Waals surface area contributed by atoms with Crippen LogP contribution in [0.3, 0.4) is 0 Å². The van der Waals surface area contributed by atoms with Gasteiger partial charge in [0.1, 0.15) is 16.6 Å². The first-order valence-corrected chi connectivity index (χ1v) is 14.3. The van der Waals surface area contributed by atoms with Crippen LogP contribution in [0.25, 0.3) is 20.8 Å². The number of carbonyl (C=O) groups is 1. The van der Waals surface area contributed by atoms with Gasteiger partial charge in [0, 0.05) is 30.1 Å². The zero-order valence-corrected chi connectivity index (χ0v) is 22.2. The predicted molar refractivity (Wildman–Crippen MR) is 152 cm³/mol. The van der Waals surface area contributed by atoms with E-state index in [1.807, 2.05) is 42.5 Å². The number of carbonyl (C=O) groups excluding carboxylic acids is 1. The summed E-state index contributed by atoms with van der Waals surface area (Å²) in [5, 5.41) is 4.98. The minimum Gasteiger partial charge on any atom is -0.485 e. The maximum Gasteiger partial charge on any atom is 0.269 e. The summed E-state index contributed by atoms with van der Waals surface area (Å²) in [5.74, 6) is 1.05. The molecule has 1 atom stereocenters. The Hall–Kier alpha value is -3.72. The number of anilines is 1. The van der Waals surface area contributed by atoms with Gasteiger partial charge in [-0.05, 0) is 41.8 Å². The molecular weight excluding hydrogens is 514 g/mol. The molecule has 2 aliphatic heterocycles. The summed E-state index contributed by atoms with van der Waals surface area (Å²) in [6, 6.07) is 26.2. The molecule has 0 aliphatic carbocycles. The van der Waals surface area contributed by atoms with Gasteiger partial charge in [-0.25, -0.2) is 4.98 Å². The summed E-state index contributed by atoms with van der Waals surface area (Å²) in [6.45, 7) is 2.89. The number of thiophene rings is 1. The van der Waals surface area contributed by atoms with E-state index in [1.165, 1.54) is 16.0 Å². The molecule has 0 saturated carbocycles. The number of nitrogens with zero attached hydrogens (tertiary/aromatic N) is 2. The van der Waals surface area contributed by atoms with Crippen LogP contribution < -0.4 is 14.8 Å². The van der Waals surface area contributed by atoms with Crippen molar-refractivity contribution in [1.82, 2.24) is 9.88 Å². The number of hydrogen-bond acceptors (Lipinski definition) is 7. The SMILES string of the molecule is O=C(Nc1sc2c(c1-c1nc3ccccc3s1)CCN(Cc1ccccc1)C2)C1COc2ccccc2O1. The van der Waals surface area contributed by atoms with Crippen LogP contribution in [0.15, 0.2) is 78.9 Å². The zero-order valence-electron chi connectivity index (χ0n) is 20.6. The first-order valence-electron chi connectivity index (χ1n) is 12.7. The van der Waals surface area contributed by atoms with Gasteiger partial charge >= 0.3 is 0 Å².